The molecular formula is C13H14ClN5O2. The molecule has 0 unspecified atom stereocenters. The lowest BCUT2D eigenvalue weighted by molar-refractivity contribution is 0.119. The predicted octanol–water partition coefficient (Wildman–Crippen LogP) is 2.03. The highest BCUT2D eigenvalue weighted by Gasteiger charge is 2.33. The van der Waals surface area contributed by atoms with Gasteiger partial charge < -0.3 is 15.0 Å². The summed E-state index contributed by atoms with van der Waals surface area (Å²) in [6.07, 6.45) is 3.25. The van der Waals surface area contributed by atoms with Gasteiger partial charge in [-0.2, -0.15) is 15.0 Å². The number of carbonyl (C=O) groups excluding carboxylic acids is 1. The van der Waals surface area contributed by atoms with Crippen LogP contribution in [-0.4, -0.2) is 46.1 Å². The van der Waals surface area contributed by atoms with Gasteiger partial charge in [0.15, 0.2) is 0 Å². The Labute approximate surface area is 126 Å². The summed E-state index contributed by atoms with van der Waals surface area (Å²) in [6, 6.07) is 5.01. The van der Waals surface area contributed by atoms with Crippen LogP contribution in [0.1, 0.15) is 6.04 Å². The van der Waals surface area contributed by atoms with Crippen molar-refractivity contribution >= 4 is 23.3 Å². The molecule has 0 radical (unpaired) electrons. The van der Waals surface area contributed by atoms with Gasteiger partial charge in [0.1, 0.15) is 11.8 Å². The second kappa shape index (κ2) is 5.61. The molecule has 21 heavy (non-hydrogen) atoms. The number of rotatable bonds is 3. The first kappa shape index (κ1) is 13.7. The highest BCUT2D eigenvalue weighted by Crippen LogP contribution is 2.29. The molecule has 110 valence electrons. The number of nitrogens with one attached hydrogen (secondary N) is 1. The number of halogens is 1. The van der Waals surface area contributed by atoms with Crippen LogP contribution in [0.2, 0.25) is 5.02 Å². The molecule has 1 aliphatic rings. The van der Waals surface area contributed by atoms with Gasteiger partial charge in [0.05, 0.1) is 25.2 Å². The summed E-state index contributed by atoms with van der Waals surface area (Å²) in [5, 5.41) is 11.5. The number of benzene rings is 1. The lowest BCUT2D eigenvalue weighted by Gasteiger charge is -2.38. The van der Waals surface area contributed by atoms with Crippen molar-refractivity contribution in [2.24, 2.45) is 0 Å². The summed E-state index contributed by atoms with van der Waals surface area (Å²) < 4.78 is 5.20. The Morgan fingerprint density at radius 3 is 2.76 bits per heavy atom. The summed E-state index contributed by atoms with van der Waals surface area (Å²) in [5.41, 5.74) is 0.552. The standard InChI is InChI=1S/C13H14ClN5O2/c1-21-12-3-2-9(14)6-11(12)17-13(20)18-7-10(8-18)19-15-4-5-16-19/h2-6,10H,7-8H2,1H3,(H,17,20). The molecule has 1 aromatic carbocycles. The van der Waals surface area contributed by atoms with Crippen molar-refractivity contribution in [3.05, 3.63) is 35.6 Å². The second-order valence-electron chi connectivity index (χ2n) is 4.68. The first-order valence-corrected chi connectivity index (χ1v) is 6.80. The van der Waals surface area contributed by atoms with E-state index < -0.39 is 0 Å². The normalized spacial score (nSPS) is 14.7. The van der Waals surface area contributed by atoms with Crippen molar-refractivity contribution in [1.82, 2.24) is 19.9 Å². The number of urea groups is 1. The maximum atomic E-state index is 12.2. The number of likely N-dealkylation sites (tertiary alicyclic amines) is 1. The van der Waals surface area contributed by atoms with Gasteiger partial charge in [0.2, 0.25) is 0 Å². The average Bonchev–Trinajstić information content (AvgIpc) is 2.91. The summed E-state index contributed by atoms with van der Waals surface area (Å²) in [6.45, 7) is 1.15. The van der Waals surface area contributed by atoms with Gasteiger partial charge in [-0.25, -0.2) is 4.79 Å². The van der Waals surface area contributed by atoms with Crippen molar-refractivity contribution in [3.63, 3.8) is 0 Å². The number of aromatic nitrogens is 3. The molecule has 1 fully saturated rings. The number of ether oxygens (including phenoxy) is 1. The molecule has 0 bridgehead atoms. The van der Waals surface area contributed by atoms with Crippen LogP contribution in [-0.2, 0) is 0 Å². The Kier molecular flexibility index (Phi) is 3.66. The lowest BCUT2D eigenvalue weighted by atomic mass is 10.1. The molecule has 3 rings (SSSR count). The maximum absolute atomic E-state index is 12.2. The number of amides is 2. The molecule has 7 nitrogen and oxygen atoms in total. The van der Waals surface area contributed by atoms with E-state index in [-0.39, 0.29) is 12.1 Å². The molecule has 8 heteroatoms. The number of anilines is 1. The molecule has 1 N–H and O–H groups in total. The number of methoxy groups -OCH3 is 1. The van der Waals surface area contributed by atoms with Gasteiger partial charge in [-0.15, -0.1) is 0 Å². The first-order valence-electron chi connectivity index (χ1n) is 6.42. The number of nitrogens with zero attached hydrogens (tertiary/aromatic N) is 4. The molecule has 0 spiro atoms. The van der Waals surface area contributed by atoms with E-state index in [1.165, 1.54) is 0 Å². The van der Waals surface area contributed by atoms with Crippen LogP contribution >= 0.6 is 11.6 Å². The fourth-order valence-electron chi connectivity index (χ4n) is 2.15. The van der Waals surface area contributed by atoms with Gasteiger partial charge in [-0.3, -0.25) is 0 Å². The van der Waals surface area contributed by atoms with Gasteiger partial charge in [0.25, 0.3) is 0 Å². The highest BCUT2D eigenvalue weighted by molar-refractivity contribution is 6.31. The Morgan fingerprint density at radius 2 is 2.10 bits per heavy atom. The summed E-state index contributed by atoms with van der Waals surface area (Å²) >= 11 is 5.94. The van der Waals surface area contributed by atoms with E-state index >= 15 is 0 Å². The van der Waals surface area contributed by atoms with Crippen LogP contribution in [0.5, 0.6) is 5.75 Å². The molecule has 1 aromatic heterocycles. The minimum atomic E-state index is -0.195. The molecule has 2 heterocycles. The Bertz CT molecular complexity index is 640. The fourth-order valence-corrected chi connectivity index (χ4v) is 2.33. The van der Waals surface area contributed by atoms with Crippen molar-refractivity contribution in [2.75, 3.05) is 25.5 Å². The molecular weight excluding hydrogens is 294 g/mol. The first-order chi connectivity index (χ1) is 10.2. The lowest BCUT2D eigenvalue weighted by Crippen LogP contribution is -2.52. The Balaban J connectivity index is 1.62. The SMILES string of the molecule is COc1ccc(Cl)cc1NC(=O)N1CC(n2nccn2)C1. The molecule has 0 aliphatic carbocycles. The Morgan fingerprint density at radius 1 is 1.38 bits per heavy atom. The number of hydrogen-bond acceptors (Lipinski definition) is 4. The smallest absolute Gasteiger partial charge is 0.322 e. The molecule has 1 aliphatic heterocycles. The minimum Gasteiger partial charge on any atom is -0.495 e. The largest absolute Gasteiger partial charge is 0.495 e. The van der Waals surface area contributed by atoms with Crippen molar-refractivity contribution in [3.8, 4) is 5.75 Å². The highest BCUT2D eigenvalue weighted by atomic mass is 35.5. The third-order valence-electron chi connectivity index (χ3n) is 3.32. The maximum Gasteiger partial charge on any atom is 0.322 e. The van der Waals surface area contributed by atoms with E-state index in [2.05, 4.69) is 15.5 Å². The van der Waals surface area contributed by atoms with Gasteiger partial charge in [-0.05, 0) is 18.2 Å². The molecule has 0 atom stereocenters. The molecule has 2 aromatic rings. The topological polar surface area (TPSA) is 72.3 Å². The minimum absolute atomic E-state index is 0.131. The predicted molar refractivity (Wildman–Crippen MR) is 77.7 cm³/mol. The van der Waals surface area contributed by atoms with Crippen LogP contribution < -0.4 is 10.1 Å². The Hall–Kier alpha value is -2.28. The van der Waals surface area contributed by atoms with Crippen molar-refractivity contribution in [2.45, 2.75) is 6.04 Å². The van der Waals surface area contributed by atoms with Crippen LogP contribution in [0.15, 0.2) is 30.6 Å². The van der Waals surface area contributed by atoms with Crippen molar-refractivity contribution < 1.29 is 9.53 Å². The zero-order chi connectivity index (χ0) is 14.8. The quantitative estimate of drug-likeness (QED) is 0.941. The molecule has 1 saturated heterocycles. The third-order valence-corrected chi connectivity index (χ3v) is 3.55. The summed E-state index contributed by atoms with van der Waals surface area (Å²) in [7, 11) is 1.54. The second-order valence-corrected chi connectivity index (χ2v) is 5.12. The van der Waals surface area contributed by atoms with E-state index in [1.807, 2.05) is 0 Å². The van der Waals surface area contributed by atoms with Crippen LogP contribution in [0, 0.1) is 0 Å². The third kappa shape index (κ3) is 2.78. The average molecular weight is 308 g/mol. The van der Waals surface area contributed by atoms with Gasteiger partial charge in [0, 0.05) is 18.1 Å². The summed E-state index contributed by atoms with van der Waals surface area (Å²) in [4.78, 5) is 15.4. The van der Waals surface area contributed by atoms with E-state index in [0.717, 1.165) is 0 Å². The van der Waals surface area contributed by atoms with Gasteiger partial charge >= 0.3 is 6.03 Å². The van der Waals surface area contributed by atoms with E-state index in [4.69, 9.17) is 16.3 Å². The van der Waals surface area contributed by atoms with Crippen LogP contribution in [0.3, 0.4) is 0 Å². The van der Waals surface area contributed by atoms with E-state index in [0.29, 0.717) is 29.5 Å². The number of hydrogen-bond donors (Lipinski definition) is 1. The monoisotopic (exact) mass is 307 g/mol. The fraction of sp³-hybridized carbons (Fsp3) is 0.308. The van der Waals surface area contributed by atoms with Crippen molar-refractivity contribution in [1.29, 1.82) is 0 Å². The zero-order valence-electron chi connectivity index (χ0n) is 11.4. The molecule has 0 saturated carbocycles. The molecule has 2 amide bonds. The van der Waals surface area contributed by atoms with E-state index in [1.54, 1.807) is 47.4 Å². The zero-order valence-corrected chi connectivity index (χ0v) is 12.1. The van der Waals surface area contributed by atoms with Gasteiger partial charge in [-0.1, -0.05) is 11.6 Å². The number of carbonyl (C=O) groups is 1. The summed E-state index contributed by atoms with van der Waals surface area (Å²) in [5.74, 6) is 0.568. The van der Waals surface area contributed by atoms with Crippen LogP contribution in [0.25, 0.3) is 0 Å². The van der Waals surface area contributed by atoms with E-state index in [9.17, 15) is 4.79 Å². The van der Waals surface area contributed by atoms with Crippen LogP contribution in [0.4, 0.5) is 10.5 Å².